The van der Waals surface area contributed by atoms with Gasteiger partial charge in [-0.3, -0.25) is 4.79 Å². The van der Waals surface area contributed by atoms with Crippen molar-refractivity contribution in [2.24, 2.45) is 0 Å². The standard InChI is InChI=1S/C19H16Cl2O2/c20-17-16-11-5-1-3-7-13(11)19(18(17)21,10-9-15(22)23)14-8-4-2-6-12(14)16/h1-8,16-18H,9-10H2,(H,22,23)/t16?,17-,18+,19?/m0/s1. The molecule has 3 aliphatic carbocycles. The third-order valence-corrected chi connectivity index (χ3v) is 6.63. The van der Waals surface area contributed by atoms with E-state index in [2.05, 4.69) is 24.3 Å². The number of alkyl halides is 2. The molecule has 0 saturated heterocycles. The molecule has 0 heterocycles. The van der Waals surface area contributed by atoms with E-state index < -0.39 is 11.4 Å². The molecule has 0 unspecified atom stereocenters. The Morgan fingerprint density at radius 1 is 1.00 bits per heavy atom. The van der Waals surface area contributed by atoms with Gasteiger partial charge in [0.1, 0.15) is 0 Å². The molecule has 0 spiro atoms. The summed E-state index contributed by atoms with van der Waals surface area (Å²) in [5.41, 5.74) is 4.12. The van der Waals surface area contributed by atoms with Gasteiger partial charge in [0.15, 0.2) is 0 Å². The summed E-state index contributed by atoms with van der Waals surface area (Å²) in [6, 6.07) is 16.4. The zero-order valence-corrected chi connectivity index (χ0v) is 13.9. The van der Waals surface area contributed by atoms with Crippen LogP contribution in [0, 0.1) is 0 Å². The van der Waals surface area contributed by atoms with Gasteiger partial charge in [0, 0.05) is 17.8 Å². The molecule has 0 saturated carbocycles. The number of carbonyl (C=O) groups is 1. The summed E-state index contributed by atoms with van der Waals surface area (Å²) in [4.78, 5) is 11.2. The Hall–Kier alpha value is -1.51. The number of hydrogen-bond acceptors (Lipinski definition) is 1. The molecule has 23 heavy (non-hydrogen) atoms. The highest BCUT2D eigenvalue weighted by Gasteiger charge is 2.57. The van der Waals surface area contributed by atoms with Gasteiger partial charge in [-0.15, -0.1) is 23.2 Å². The Kier molecular flexibility index (Phi) is 3.44. The van der Waals surface area contributed by atoms with Crippen molar-refractivity contribution in [2.45, 2.75) is 34.9 Å². The van der Waals surface area contributed by atoms with Crippen LogP contribution in [0.5, 0.6) is 0 Å². The molecule has 0 radical (unpaired) electrons. The molecule has 2 aromatic carbocycles. The first kappa shape index (κ1) is 15.0. The highest BCUT2D eigenvalue weighted by molar-refractivity contribution is 6.32. The minimum Gasteiger partial charge on any atom is -0.481 e. The average Bonchev–Trinajstić information content (AvgIpc) is 2.56. The predicted molar refractivity (Wildman–Crippen MR) is 91.7 cm³/mol. The molecule has 2 aromatic rings. The number of benzene rings is 2. The summed E-state index contributed by atoms with van der Waals surface area (Å²) < 4.78 is 0. The van der Waals surface area contributed by atoms with Crippen LogP contribution in [0.4, 0.5) is 0 Å². The molecule has 2 atom stereocenters. The highest BCUT2D eigenvalue weighted by atomic mass is 35.5. The Balaban J connectivity index is 2.02. The van der Waals surface area contributed by atoms with Crippen molar-refractivity contribution < 1.29 is 9.90 Å². The van der Waals surface area contributed by atoms with Crippen molar-refractivity contribution in [3.8, 4) is 0 Å². The number of halogens is 2. The number of fused-ring (bicyclic) bond motifs is 1. The monoisotopic (exact) mass is 346 g/mol. The molecule has 0 aromatic heterocycles. The molecular weight excluding hydrogens is 331 g/mol. The van der Waals surface area contributed by atoms with Gasteiger partial charge in [-0.05, 0) is 28.7 Å². The molecule has 118 valence electrons. The second-order valence-corrected chi connectivity index (χ2v) is 7.34. The van der Waals surface area contributed by atoms with Crippen LogP contribution in [0.2, 0.25) is 0 Å². The summed E-state index contributed by atoms with van der Waals surface area (Å²) in [6.07, 6.45) is 0.528. The Morgan fingerprint density at radius 2 is 1.52 bits per heavy atom. The van der Waals surface area contributed by atoms with Crippen molar-refractivity contribution in [3.05, 3.63) is 70.8 Å². The summed E-state index contributed by atoms with van der Waals surface area (Å²) in [5, 5.41) is 8.68. The van der Waals surface area contributed by atoms with E-state index in [1.54, 1.807) is 0 Å². The fraction of sp³-hybridized carbons (Fsp3) is 0.316. The Bertz CT molecular complexity index is 739. The summed E-state index contributed by atoms with van der Waals surface area (Å²) in [6.45, 7) is 0. The van der Waals surface area contributed by atoms with Crippen LogP contribution in [0.25, 0.3) is 0 Å². The van der Waals surface area contributed by atoms with Gasteiger partial charge < -0.3 is 5.11 Å². The number of hydrogen-bond donors (Lipinski definition) is 1. The number of aliphatic carboxylic acids is 1. The molecule has 0 fully saturated rings. The quantitative estimate of drug-likeness (QED) is 0.830. The van der Waals surface area contributed by atoms with E-state index in [1.165, 1.54) is 11.1 Å². The smallest absolute Gasteiger partial charge is 0.303 e. The largest absolute Gasteiger partial charge is 0.481 e. The van der Waals surface area contributed by atoms with Gasteiger partial charge in [0.05, 0.1) is 10.8 Å². The van der Waals surface area contributed by atoms with Crippen molar-refractivity contribution in [3.63, 3.8) is 0 Å². The van der Waals surface area contributed by atoms with Crippen LogP contribution >= 0.6 is 23.2 Å². The maximum absolute atomic E-state index is 11.2. The first-order chi connectivity index (χ1) is 11.1. The van der Waals surface area contributed by atoms with E-state index in [1.807, 2.05) is 24.3 Å². The SMILES string of the molecule is O=C(O)CCC12c3ccccc3C(c3ccccc31)[C@H](Cl)[C@H]2Cl. The van der Waals surface area contributed by atoms with Crippen LogP contribution in [-0.4, -0.2) is 21.8 Å². The molecule has 2 nitrogen and oxygen atoms in total. The maximum atomic E-state index is 11.2. The molecule has 2 bridgehead atoms. The van der Waals surface area contributed by atoms with Crippen molar-refractivity contribution in [1.82, 2.24) is 0 Å². The summed E-state index contributed by atoms with van der Waals surface area (Å²) in [7, 11) is 0. The van der Waals surface area contributed by atoms with Gasteiger partial charge in [-0.2, -0.15) is 0 Å². The lowest BCUT2D eigenvalue weighted by molar-refractivity contribution is -0.137. The van der Waals surface area contributed by atoms with E-state index in [-0.39, 0.29) is 23.1 Å². The minimum absolute atomic E-state index is 0.0678. The summed E-state index contributed by atoms with van der Waals surface area (Å²) in [5.74, 6) is -0.740. The lowest BCUT2D eigenvalue weighted by Gasteiger charge is -2.54. The first-order valence-corrected chi connectivity index (χ1v) is 8.63. The molecule has 1 N–H and O–H groups in total. The molecular formula is C19H16Cl2O2. The third kappa shape index (κ3) is 1.91. The topological polar surface area (TPSA) is 37.3 Å². The van der Waals surface area contributed by atoms with Gasteiger partial charge >= 0.3 is 5.97 Å². The van der Waals surface area contributed by atoms with Crippen molar-refractivity contribution >= 4 is 29.2 Å². The minimum atomic E-state index is -0.808. The lowest BCUT2D eigenvalue weighted by Crippen LogP contribution is -2.54. The molecule has 4 heteroatoms. The first-order valence-electron chi connectivity index (χ1n) is 7.76. The van der Waals surface area contributed by atoms with Gasteiger partial charge in [-0.25, -0.2) is 0 Å². The lowest BCUT2D eigenvalue weighted by atomic mass is 9.53. The highest BCUT2D eigenvalue weighted by Crippen LogP contribution is 2.61. The maximum Gasteiger partial charge on any atom is 0.303 e. The number of carboxylic acids is 1. The Labute approximate surface area is 145 Å². The number of carboxylic acid groups (broad SMARTS) is 1. The number of rotatable bonds is 3. The average molecular weight is 347 g/mol. The van der Waals surface area contributed by atoms with Crippen LogP contribution in [0.15, 0.2) is 48.5 Å². The van der Waals surface area contributed by atoms with Crippen LogP contribution in [-0.2, 0) is 10.2 Å². The van der Waals surface area contributed by atoms with Crippen molar-refractivity contribution in [2.75, 3.05) is 0 Å². The molecule has 0 aliphatic heterocycles. The van der Waals surface area contributed by atoms with E-state index in [0.717, 1.165) is 11.1 Å². The van der Waals surface area contributed by atoms with Gasteiger partial charge in [0.2, 0.25) is 0 Å². The second kappa shape index (κ2) is 5.25. The van der Waals surface area contributed by atoms with E-state index in [0.29, 0.717) is 6.42 Å². The normalized spacial score (nSPS) is 30.6. The third-order valence-electron chi connectivity index (χ3n) is 5.35. The zero-order chi connectivity index (χ0) is 16.2. The Morgan fingerprint density at radius 3 is 2.04 bits per heavy atom. The van der Waals surface area contributed by atoms with Gasteiger partial charge in [0.25, 0.3) is 0 Å². The van der Waals surface area contributed by atoms with Crippen LogP contribution in [0.1, 0.15) is 41.0 Å². The molecule has 5 rings (SSSR count). The van der Waals surface area contributed by atoms with E-state index in [9.17, 15) is 9.90 Å². The van der Waals surface area contributed by atoms with Crippen molar-refractivity contribution in [1.29, 1.82) is 0 Å². The zero-order valence-electron chi connectivity index (χ0n) is 12.4. The fourth-order valence-corrected chi connectivity index (χ4v) is 5.43. The van der Waals surface area contributed by atoms with Gasteiger partial charge in [-0.1, -0.05) is 48.5 Å². The molecule has 3 aliphatic rings. The predicted octanol–water partition coefficient (Wildman–Crippen LogP) is 4.51. The molecule has 0 amide bonds. The fourth-order valence-electron chi connectivity index (χ4n) is 4.45. The van der Waals surface area contributed by atoms with E-state index >= 15 is 0 Å². The van der Waals surface area contributed by atoms with Crippen LogP contribution in [0.3, 0.4) is 0 Å². The second-order valence-electron chi connectivity index (χ2n) is 6.36. The van der Waals surface area contributed by atoms with E-state index in [4.69, 9.17) is 23.2 Å². The van der Waals surface area contributed by atoms with Crippen LogP contribution < -0.4 is 0 Å². The summed E-state index contributed by atoms with van der Waals surface area (Å²) >= 11 is 13.6.